The molecule has 2 aromatic rings. The second kappa shape index (κ2) is 9.42. The molecule has 0 aromatic heterocycles. The zero-order valence-corrected chi connectivity index (χ0v) is 17.3. The van der Waals surface area contributed by atoms with Crippen molar-refractivity contribution in [3.8, 4) is 5.75 Å². The molecular weight excluding hydrogens is 376 g/mol. The lowest BCUT2D eigenvalue weighted by molar-refractivity contribution is -0.129. The number of amides is 2. The molecule has 0 saturated carbocycles. The van der Waals surface area contributed by atoms with Crippen LogP contribution in [0.4, 0.5) is 0 Å². The summed E-state index contributed by atoms with van der Waals surface area (Å²) in [4.78, 5) is 25.1. The number of nitrogens with one attached hydrogen (secondary N) is 2. The number of carbonyl (C=O) groups excluding carboxylic acids is 2. The number of methoxy groups -OCH3 is 1. The van der Waals surface area contributed by atoms with Gasteiger partial charge in [0.2, 0.25) is 5.91 Å². The third-order valence-electron chi connectivity index (χ3n) is 3.97. The summed E-state index contributed by atoms with van der Waals surface area (Å²) in [5.41, 5.74) is 1.23. The molecule has 0 unspecified atom stereocenters. The number of rotatable bonds is 6. The minimum absolute atomic E-state index is 0.180. The molecule has 28 heavy (non-hydrogen) atoms. The number of ether oxygens (including phenoxy) is 1. The molecule has 0 atom stereocenters. The van der Waals surface area contributed by atoms with Crippen molar-refractivity contribution in [1.82, 2.24) is 10.6 Å². The van der Waals surface area contributed by atoms with Crippen molar-refractivity contribution in [1.29, 1.82) is 0 Å². The van der Waals surface area contributed by atoms with Crippen molar-refractivity contribution in [2.24, 2.45) is 5.41 Å². The smallest absolute Gasteiger partial charge is 0.268 e. The molecule has 0 spiro atoms. The summed E-state index contributed by atoms with van der Waals surface area (Å²) in [7, 11) is 1.59. The molecule has 2 N–H and O–H groups in total. The third kappa shape index (κ3) is 6.43. The zero-order valence-electron chi connectivity index (χ0n) is 16.5. The van der Waals surface area contributed by atoms with Crippen molar-refractivity contribution in [3.05, 3.63) is 70.4 Å². The fraction of sp³-hybridized carbons (Fsp3) is 0.273. The van der Waals surface area contributed by atoms with E-state index in [9.17, 15) is 9.59 Å². The summed E-state index contributed by atoms with van der Waals surface area (Å²) >= 11 is 5.88. The van der Waals surface area contributed by atoms with Crippen LogP contribution in [0.1, 0.15) is 31.9 Å². The molecule has 0 radical (unpaired) electrons. The minimum atomic E-state index is -0.630. The lowest BCUT2D eigenvalue weighted by Crippen LogP contribution is -2.39. The Morgan fingerprint density at radius 2 is 1.64 bits per heavy atom. The average Bonchev–Trinajstić information content (AvgIpc) is 2.66. The minimum Gasteiger partial charge on any atom is -0.497 e. The second-order valence-corrected chi connectivity index (χ2v) is 7.78. The highest BCUT2D eigenvalue weighted by atomic mass is 35.5. The van der Waals surface area contributed by atoms with Gasteiger partial charge in [-0.2, -0.15) is 0 Å². The molecule has 0 fully saturated rings. The van der Waals surface area contributed by atoms with Gasteiger partial charge >= 0.3 is 0 Å². The Balaban J connectivity index is 2.20. The van der Waals surface area contributed by atoms with E-state index in [1.165, 1.54) is 0 Å². The van der Waals surface area contributed by atoms with Crippen molar-refractivity contribution in [3.63, 3.8) is 0 Å². The zero-order chi connectivity index (χ0) is 20.7. The Morgan fingerprint density at radius 1 is 1.04 bits per heavy atom. The number of halogens is 1. The molecular formula is C22H25ClN2O3. The highest BCUT2D eigenvalue weighted by Gasteiger charge is 2.24. The molecule has 2 rings (SSSR count). The average molecular weight is 401 g/mol. The molecule has 6 heteroatoms. The normalized spacial score (nSPS) is 11.7. The van der Waals surface area contributed by atoms with Gasteiger partial charge in [-0.15, -0.1) is 0 Å². The Bertz CT molecular complexity index is 851. The van der Waals surface area contributed by atoms with Crippen LogP contribution in [0.2, 0.25) is 5.02 Å². The lowest BCUT2D eigenvalue weighted by atomic mass is 9.95. The first-order valence-corrected chi connectivity index (χ1v) is 9.26. The number of hydrogen-bond donors (Lipinski definition) is 2. The monoisotopic (exact) mass is 400 g/mol. The molecule has 148 valence electrons. The van der Waals surface area contributed by atoms with E-state index in [0.29, 0.717) is 17.3 Å². The van der Waals surface area contributed by atoms with E-state index in [2.05, 4.69) is 10.6 Å². The van der Waals surface area contributed by atoms with Gasteiger partial charge in [0.05, 0.1) is 7.11 Å². The summed E-state index contributed by atoms with van der Waals surface area (Å²) in [6.45, 7) is 5.69. The fourth-order valence-electron chi connectivity index (χ4n) is 2.21. The number of carbonyl (C=O) groups is 2. The molecule has 0 aliphatic rings. The Morgan fingerprint density at radius 3 is 2.18 bits per heavy atom. The van der Waals surface area contributed by atoms with E-state index in [1.54, 1.807) is 58.2 Å². The quantitative estimate of drug-likeness (QED) is 0.715. The van der Waals surface area contributed by atoms with Crippen LogP contribution >= 0.6 is 11.6 Å². The summed E-state index contributed by atoms with van der Waals surface area (Å²) in [5, 5.41) is 6.20. The van der Waals surface area contributed by atoms with Gasteiger partial charge in [0.1, 0.15) is 11.4 Å². The predicted molar refractivity (Wildman–Crippen MR) is 112 cm³/mol. The van der Waals surface area contributed by atoms with Gasteiger partial charge in [-0.3, -0.25) is 9.59 Å². The summed E-state index contributed by atoms with van der Waals surface area (Å²) < 4.78 is 5.15. The maximum atomic E-state index is 12.7. The van der Waals surface area contributed by atoms with Crippen molar-refractivity contribution in [2.45, 2.75) is 27.3 Å². The topological polar surface area (TPSA) is 67.4 Å². The maximum Gasteiger partial charge on any atom is 0.268 e. The lowest BCUT2D eigenvalue weighted by Gasteiger charge is -2.19. The molecule has 2 amide bonds. The SMILES string of the molecule is COc1ccc(/C=C(\NC(=O)C(C)(C)C)C(=O)NCc2ccc(Cl)cc2)cc1. The largest absolute Gasteiger partial charge is 0.497 e. The van der Waals surface area contributed by atoms with Crippen LogP contribution < -0.4 is 15.4 Å². The van der Waals surface area contributed by atoms with Crippen molar-refractivity contribution in [2.75, 3.05) is 7.11 Å². The summed E-state index contributed by atoms with van der Waals surface area (Å²) in [6.07, 6.45) is 1.64. The van der Waals surface area contributed by atoms with Gasteiger partial charge in [-0.1, -0.05) is 56.6 Å². The van der Waals surface area contributed by atoms with Crippen LogP contribution in [-0.4, -0.2) is 18.9 Å². The van der Waals surface area contributed by atoms with Crippen LogP contribution in [-0.2, 0) is 16.1 Å². The summed E-state index contributed by atoms with van der Waals surface area (Å²) in [5.74, 6) is 0.0990. The van der Waals surface area contributed by atoms with Gasteiger partial charge in [-0.25, -0.2) is 0 Å². The highest BCUT2D eigenvalue weighted by molar-refractivity contribution is 6.30. The van der Waals surface area contributed by atoms with E-state index in [-0.39, 0.29) is 17.5 Å². The van der Waals surface area contributed by atoms with Crippen LogP contribution in [0, 0.1) is 5.41 Å². The molecule has 2 aromatic carbocycles. The standard InChI is InChI=1S/C22H25ClN2O3/c1-22(2,3)21(27)25-19(13-15-7-11-18(28-4)12-8-15)20(26)24-14-16-5-9-17(23)10-6-16/h5-13H,14H2,1-4H3,(H,24,26)(H,25,27)/b19-13-. The first kappa shape index (κ1) is 21.5. The molecule has 0 saturated heterocycles. The summed E-state index contributed by atoms with van der Waals surface area (Å²) in [6, 6.07) is 14.4. The van der Waals surface area contributed by atoms with Gasteiger partial charge in [0, 0.05) is 17.0 Å². The van der Waals surface area contributed by atoms with Gasteiger partial charge in [0.15, 0.2) is 0 Å². The van der Waals surface area contributed by atoms with Gasteiger partial charge in [-0.05, 0) is 41.5 Å². The predicted octanol–water partition coefficient (Wildman–Crippen LogP) is 4.17. The van der Waals surface area contributed by atoms with Crippen LogP contribution in [0.3, 0.4) is 0 Å². The molecule has 0 bridgehead atoms. The van der Waals surface area contributed by atoms with E-state index >= 15 is 0 Å². The Labute approximate surface area is 170 Å². The maximum absolute atomic E-state index is 12.7. The van der Waals surface area contributed by atoms with Crippen molar-refractivity contribution >= 4 is 29.5 Å². The third-order valence-corrected chi connectivity index (χ3v) is 4.22. The molecule has 0 heterocycles. The van der Waals surface area contributed by atoms with Crippen LogP contribution in [0.15, 0.2) is 54.2 Å². The van der Waals surface area contributed by atoms with E-state index in [1.807, 2.05) is 24.3 Å². The van der Waals surface area contributed by atoms with Gasteiger partial charge < -0.3 is 15.4 Å². The van der Waals surface area contributed by atoms with E-state index in [0.717, 1.165) is 11.1 Å². The highest BCUT2D eigenvalue weighted by Crippen LogP contribution is 2.17. The molecule has 5 nitrogen and oxygen atoms in total. The van der Waals surface area contributed by atoms with E-state index in [4.69, 9.17) is 16.3 Å². The Hall–Kier alpha value is -2.79. The number of hydrogen-bond acceptors (Lipinski definition) is 3. The molecule has 0 aliphatic heterocycles. The molecule has 0 aliphatic carbocycles. The first-order chi connectivity index (χ1) is 13.2. The fourth-order valence-corrected chi connectivity index (χ4v) is 2.34. The van der Waals surface area contributed by atoms with Crippen LogP contribution in [0.25, 0.3) is 6.08 Å². The van der Waals surface area contributed by atoms with Crippen molar-refractivity contribution < 1.29 is 14.3 Å². The van der Waals surface area contributed by atoms with E-state index < -0.39 is 5.41 Å². The first-order valence-electron chi connectivity index (χ1n) is 8.89. The Kier molecular flexibility index (Phi) is 7.24. The van der Waals surface area contributed by atoms with Gasteiger partial charge in [0.25, 0.3) is 5.91 Å². The number of benzene rings is 2. The second-order valence-electron chi connectivity index (χ2n) is 7.34. The van der Waals surface area contributed by atoms with Crippen LogP contribution in [0.5, 0.6) is 5.75 Å².